The molecule has 0 amide bonds. The first-order chi connectivity index (χ1) is 25.3. The zero-order chi connectivity index (χ0) is 33.7. The maximum absolute atomic E-state index is 7.03. The van der Waals surface area contributed by atoms with E-state index in [1.165, 1.54) is 22.3 Å². The van der Waals surface area contributed by atoms with E-state index < -0.39 is 0 Å². The summed E-state index contributed by atoms with van der Waals surface area (Å²) in [5.74, 6) is 1.88. The Morgan fingerprint density at radius 2 is 1.18 bits per heavy atom. The number of furan rings is 1. The fourth-order valence-electron chi connectivity index (χ4n) is 7.87. The molecule has 51 heavy (non-hydrogen) atoms. The number of pyridine rings is 1. The van der Waals surface area contributed by atoms with E-state index in [9.17, 15) is 0 Å². The number of para-hydroxylation sites is 1. The molecular formula is C46H34N4O. The van der Waals surface area contributed by atoms with Gasteiger partial charge in [0.15, 0.2) is 17.5 Å². The molecule has 0 atom stereocenters. The molecule has 0 unspecified atom stereocenters. The molecule has 0 radical (unpaired) electrons. The average molecular weight is 659 g/mol. The van der Waals surface area contributed by atoms with Gasteiger partial charge in [-0.25, -0.2) is 19.9 Å². The van der Waals surface area contributed by atoms with Crippen LogP contribution in [0.3, 0.4) is 0 Å². The Morgan fingerprint density at radius 3 is 1.90 bits per heavy atom. The summed E-state index contributed by atoms with van der Waals surface area (Å²) in [7, 11) is 0. The van der Waals surface area contributed by atoms with E-state index in [2.05, 4.69) is 72.9 Å². The van der Waals surface area contributed by atoms with Crippen molar-refractivity contribution < 1.29 is 4.42 Å². The van der Waals surface area contributed by atoms with Crippen molar-refractivity contribution in [1.29, 1.82) is 0 Å². The molecular weight excluding hydrogens is 625 g/mol. The summed E-state index contributed by atoms with van der Waals surface area (Å²) in [6.45, 7) is 0. The van der Waals surface area contributed by atoms with E-state index in [0.717, 1.165) is 99.7 Å². The lowest BCUT2D eigenvalue weighted by atomic mass is 9.85. The van der Waals surface area contributed by atoms with E-state index in [-0.39, 0.29) is 0 Å². The minimum atomic E-state index is 0.610. The number of fused-ring (bicyclic) bond motifs is 6. The van der Waals surface area contributed by atoms with Gasteiger partial charge in [0.05, 0.1) is 11.4 Å². The fourth-order valence-corrected chi connectivity index (χ4v) is 7.87. The van der Waals surface area contributed by atoms with Crippen LogP contribution >= 0.6 is 0 Å². The molecule has 0 bridgehead atoms. The van der Waals surface area contributed by atoms with Gasteiger partial charge in [0.2, 0.25) is 0 Å². The van der Waals surface area contributed by atoms with Gasteiger partial charge in [-0.15, -0.1) is 0 Å². The monoisotopic (exact) mass is 658 g/mol. The van der Waals surface area contributed by atoms with Crippen LogP contribution in [0.1, 0.15) is 53.6 Å². The van der Waals surface area contributed by atoms with Crippen molar-refractivity contribution >= 4 is 39.7 Å². The van der Waals surface area contributed by atoms with Gasteiger partial charge in [-0.2, -0.15) is 0 Å². The van der Waals surface area contributed by atoms with E-state index in [1.807, 2.05) is 60.7 Å². The smallest absolute Gasteiger partial charge is 0.164 e. The van der Waals surface area contributed by atoms with Crippen LogP contribution < -0.4 is 0 Å². The highest BCUT2D eigenvalue weighted by atomic mass is 16.3. The highest BCUT2D eigenvalue weighted by Gasteiger charge is 2.26. The van der Waals surface area contributed by atoms with Gasteiger partial charge < -0.3 is 4.42 Å². The van der Waals surface area contributed by atoms with Crippen LogP contribution in [0.25, 0.3) is 85.1 Å². The molecule has 0 fully saturated rings. The molecule has 10 rings (SSSR count). The molecule has 0 saturated carbocycles. The van der Waals surface area contributed by atoms with Crippen LogP contribution in [-0.4, -0.2) is 19.9 Å². The second-order valence-corrected chi connectivity index (χ2v) is 13.5. The first-order valence-electron chi connectivity index (χ1n) is 17.9. The van der Waals surface area contributed by atoms with Crippen LogP contribution in [0.15, 0.2) is 126 Å². The molecule has 0 aliphatic heterocycles. The van der Waals surface area contributed by atoms with E-state index >= 15 is 0 Å². The number of nitrogens with zero attached hydrogens (tertiary/aromatic N) is 4. The van der Waals surface area contributed by atoms with Gasteiger partial charge in [-0.3, -0.25) is 0 Å². The number of aromatic nitrogens is 4. The number of rotatable bonds is 5. The topological polar surface area (TPSA) is 64.7 Å². The predicted octanol–water partition coefficient (Wildman–Crippen LogP) is 11.5. The number of hydrogen-bond donors (Lipinski definition) is 0. The quantitative estimate of drug-likeness (QED) is 0.184. The van der Waals surface area contributed by atoms with Gasteiger partial charge in [0.1, 0.15) is 11.2 Å². The zero-order valence-corrected chi connectivity index (χ0v) is 28.1. The fraction of sp³-hybridized carbons (Fsp3) is 0.130. The van der Waals surface area contributed by atoms with E-state index in [0.29, 0.717) is 17.5 Å². The predicted molar refractivity (Wildman–Crippen MR) is 208 cm³/mol. The SMILES string of the molecule is C1=CCCC(c2cccc3c2oc2c(-c4nc5c(c6c4C=CCC6)CCC=C5)cc(-c4nc(-c5ccccc5)nc(-c5ccccc5)n4)cc23)=C1. The van der Waals surface area contributed by atoms with Crippen molar-refractivity contribution in [3.63, 3.8) is 0 Å². The van der Waals surface area contributed by atoms with Crippen LogP contribution in [0.2, 0.25) is 0 Å². The van der Waals surface area contributed by atoms with Gasteiger partial charge in [0, 0.05) is 44.2 Å². The summed E-state index contributed by atoms with van der Waals surface area (Å²) < 4.78 is 7.03. The second kappa shape index (κ2) is 12.3. The molecule has 5 nitrogen and oxygen atoms in total. The van der Waals surface area contributed by atoms with Gasteiger partial charge in [0.25, 0.3) is 0 Å². The Labute approximate surface area is 296 Å². The highest BCUT2D eigenvalue weighted by Crippen LogP contribution is 2.44. The highest BCUT2D eigenvalue weighted by molar-refractivity contribution is 6.13. The number of hydrogen-bond acceptors (Lipinski definition) is 5. The molecule has 244 valence electrons. The summed E-state index contributed by atoms with van der Waals surface area (Å²) in [5.41, 5.74) is 13.9. The first kappa shape index (κ1) is 29.7. The second-order valence-electron chi connectivity index (χ2n) is 13.5. The Hall–Kier alpha value is -6.20. The zero-order valence-electron chi connectivity index (χ0n) is 28.1. The Balaban J connectivity index is 1.29. The minimum Gasteiger partial charge on any atom is -0.455 e. The Bertz CT molecular complexity index is 2570. The molecule has 4 aromatic carbocycles. The summed E-state index contributed by atoms with van der Waals surface area (Å²) in [5, 5.41) is 2.10. The van der Waals surface area contributed by atoms with E-state index in [1.54, 1.807) is 0 Å². The van der Waals surface area contributed by atoms with Crippen molar-refractivity contribution in [3.05, 3.63) is 149 Å². The summed E-state index contributed by atoms with van der Waals surface area (Å²) in [6.07, 6.45) is 21.7. The molecule has 7 aromatic rings. The van der Waals surface area contributed by atoms with Crippen LogP contribution in [-0.2, 0) is 12.8 Å². The number of benzene rings is 4. The molecule has 3 aliphatic rings. The third-order valence-electron chi connectivity index (χ3n) is 10.3. The van der Waals surface area contributed by atoms with Crippen molar-refractivity contribution in [3.8, 4) is 45.4 Å². The summed E-state index contributed by atoms with van der Waals surface area (Å²) >= 11 is 0. The summed E-state index contributed by atoms with van der Waals surface area (Å²) in [6, 6.07) is 31.2. The largest absolute Gasteiger partial charge is 0.455 e. The van der Waals surface area contributed by atoms with Crippen molar-refractivity contribution in [2.45, 2.75) is 38.5 Å². The standard InChI is InChI=1S/C46H34N4O/c1-4-15-29(16-5-1)33-24-14-25-37-38-27-32(46-49-44(30-17-6-2-7-18-30)48-45(50-46)31-19-8-3-9-20-31)28-39(43(38)51-42(33)37)41-36-23-11-10-21-34(36)35-22-12-13-26-40(35)47-41/h1-4,6-9,11,13-15,17-20,23-28H,5,10,12,16,21-22H2. The molecule has 3 heterocycles. The van der Waals surface area contributed by atoms with Crippen LogP contribution in [0.4, 0.5) is 0 Å². The van der Waals surface area contributed by atoms with Crippen molar-refractivity contribution in [2.24, 2.45) is 0 Å². The Morgan fingerprint density at radius 1 is 0.510 bits per heavy atom. The molecule has 5 heteroatoms. The molecule has 3 aliphatic carbocycles. The Kier molecular flexibility index (Phi) is 7.16. The molecule has 3 aromatic heterocycles. The molecule has 0 saturated heterocycles. The van der Waals surface area contributed by atoms with Gasteiger partial charge in [-0.1, -0.05) is 115 Å². The minimum absolute atomic E-state index is 0.610. The van der Waals surface area contributed by atoms with Gasteiger partial charge in [-0.05, 0) is 73.4 Å². The third kappa shape index (κ3) is 5.16. The summed E-state index contributed by atoms with van der Waals surface area (Å²) in [4.78, 5) is 20.7. The number of allylic oxidation sites excluding steroid dienone is 6. The van der Waals surface area contributed by atoms with E-state index in [4.69, 9.17) is 24.4 Å². The normalized spacial score (nSPS) is 14.9. The lowest BCUT2D eigenvalue weighted by Crippen LogP contribution is -2.10. The third-order valence-corrected chi connectivity index (χ3v) is 10.3. The molecule has 0 spiro atoms. The van der Waals surface area contributed by atoms with Crippen molar-refractivity contribution in [1.82, 2.24) is 19.9 Å². The van der Waals surface area contributed by atoms with Gasteiger partial charge >= 0.3 is 0 Å². The lowest BCUT2D eigenvalue weighted by Gasteiger charge is -2.23. The van der Waals surface area contributed by atoms with Crippen LogP contribution in [0, 0.1) is 0 Å². The van der Waals surface area contributed by atoms with Crippen molar-refractivity contribution in [2.75, 3.05) is 0 Å². The van der Waals surface area contributed by atoms with Crippen LogP contribution in [0.5, 0.6) is 0 Å². The first-order valence-corrected chi connectivity index (χ1v) is 17.9. The maximum atomic E-state index is 7.03. The average Bonchev–Trinajstić information content (AvgIpc) is 3.60. The maximum Gasteiger partial charge on any atom is 0.164 e. The molecule has 0 N–H and O–H groups in total. The lowest BCUT2D eigenvalue weighted by molar-refractivity contribution is 0.668.